The summed E-state index contributed by atoms with van der Waals surface area (Å²) in [5, 5.41) is 0. The van der Waals surface area contributed by atoms with Crippen LogP contribution >= 0.6 is 0 Å². The van der Waals surface area contributed by atoms with Crippen LogP contribution in [-0.4, -0.2) is 23.5 Å². The van der Waals surface area contributed by atoms with Gasteiger partial charge < -0.3 is 4.74 Å². The molecule has 84 valence electrons. The predicted octanol–water partition coefficient (Wildman–Crippen LogP) is 0.651. The van der Waals surface area contributed by atoms with Crippen LogP contribution in [-0.2, 0) is 23.9 Å². The number of ether oxygens (including phenoxy) is 1. The van der Waals surface area contributed by atoms with Crippen molar-refractivity contribution in [3.05, 3.63) is 0 Å². The van der Waals surface area contributed by atoms with Gasteiger partial charge in [0, 0.05) is 13.3 Å². The number of esters is 2. The van der Waals surface area contributed by atoms with Crippen molar-refractivity contribution in [3.8, 4) is 0 Å². The number of hydrogen-bond donors (Lipinski definition) is 0. The SMILES string of the molecule is CC(=O)CC(C)(C(C)=O)C(=O)OC(C)=O. The second-order valence-corrected chi connectivity index (χ2v) is 3.65. The molecule has 5 nitrogen and oxygen atoms in total. The molecule has 0 rings (SSSR count). The molecule has 5 heteroatoms. The second kappa shape index (κ2) is 4.82. The van der Waals surface area contributed by atoms with E-state index in [9.17, 15) is 19.2 Å². The molecule has 0 bridgehead atoms. The van der Waals surface area contributed by atoms with Gasteiger partial charge in [-0.2, -0.15) is 0 Å². The normalized spacial score (nSPS) is 13.9. The van der Waals surface area contributed by atoms with Gasteiger partial charge in [0.15, 0.2) is 0 Å². The molecule has 0 fully saturated rings. The zero-order valence-corrected chi connectivity index (χ0v) is 9.25. The minimum atomic E-state index is -1.56. The maximum Gasteiger partial charge on any atom is 0.327 e. The van der Waals surface area contributed by atoms with Gasteiger partial charge in [-0.05, 0) is 20.8 Å². The maximum atomic E-state index is 11.4. The third kappa shape index (κ3) is 3.61. The van der Waals surface area contributed by atoms with Gasteiger partial charge in [0.1, 0.15) is 17.0 Å². The lowest BCUT2D eigenvalue weighted by Gasteiger charge is -2.21. The summed E-state index contributed by atoms with van der Waals surface area (Å²) in [6.07, 6.45) is -0.256. The van der Waals surface area contributed by atoms with Crippen LogP contribution in [0.4, 0.5) is 0 Å². The number of rotatable bonds is 4. The van der Waals surface area contributed by atoms with Crippen LogP contribution in [0.3, 0.4) is 0 Å². The lowest BCUT2D eigenvalue weighted by Crippen LogP contribution is -2.39. The highest BCUT2D eigenvalue weighted by Crippen LogP contribution is 2.25. The van der Waals surface area contributed by atoms with Crippen molar-refractivity contribution < 1.29 is 23.9 Å². The van der Waals surface area contributed by atoms with E-state index in [1.165, 1.54) is 20.8 Å². The van der Waals surface area contributed by atoms with Crippen molar-refractivity contribution in [3.63, 3.8) is 0 Å². The summed E-state index contributed by atoms with van der Waals surface area (Å²) >= 11 is 0. The molecule has 0 aliphatic rings. The summed E-state index contributed by atoms with van der Waals surface area (Å²) in [4.78, 5) is 44.2. The summed E-state index contributed by atoms with van der Waals surface area (Å²) < 4.78 is 4.33. The largest absolute Gasteiger partial charge is 0.393 e. The van der Waals surface area contributed by atoms with E-state index >= 15 is 0 Å². The number of carbonyl (C=O) groups excluding carboxylic acids is 4. The van der Waals surface area contributed by atoms with Crippen LogP contribution in [0, 0.1) is 5.41 Å². The van der Waals surface area contributed by atoms with E-state index < -0.39 is 23.1 Å². The molecule has 0 radical (unpaired) electrons. The summed E-state index contributed by atoms with van der Waals surface area (Å²) in [6.45, 7) is 4.81. The highest BCUT2D eigenvalue weighted by Gasteiger charge is 2.41. The molecular weight excluding hydrogens is 200 g/mol. The fourth-order valence-corrected chi connectivity index (χ4v) is 1.08. The Labute approximate surface area is 87.8 Å². The molecule has 15 heavy (non-hydrogen) atoms. The molecule has 0 spiro atoms. The zero-order chi connectivity index (χ0) is 12.2. The maximum absolute atomic E-state index is 11.4. The fourth-order valence-electron chi connectivity index (χ4n) is 1.08. The molecule has 0 aromatic rings. The van der Waals surface area contributed by atoms with Gasteiger partial charge in [-0.1, -0.05) is 0 Å². The first-order chi connectivity index (χ1) is 6.70. The van der Waals surface area contributed by atoms with Crippen LogP contribution in [0.15, 0.2) is 0 Å². The summed E-state index contributed by atoms with van der Waals surface area (Å²) in [5.74, 6) is -2.58. The zero-order valence-electron chi connectivity index (χ0n) is 9.25. The fraction of sp³-hybridized carbons (Fsp3) is 0.600. The van der Waals surface area contributed by atoms with E-state index in [4.69, 9.17) is 0 Å². The van der Waals surface area contributed by atoms with Gasteiger partial charge in [-0.3, -0.25) is 19.2 Å². The smallest absolute Gasteiger partial charge is 0.327 e. The number of ketones is 2. The minimum absolute atomic E-state index is 0.256. The van der Waals surface area contributed by atoms with Crippen molar-refractivity contribution in [2.24, 2.45) is 5.41 Å². The van der Waals surface area contributed by atoms with Crippen LogP contribution < -0.4 is 0 Å². The molecule has 0 aliphatic heterocycles. The van der Waals surface area contributed by atoms with E-state index in [2.05, 4.69) is 4.74 Å². The predicted molar refractivity (Wildman–Crippen MR) is 50.9 cm³/mol. The molecule has 0 N–H and O–H groups in total. The van der Waals surface area contributed by atoms with Gasteiger partial charge >= 0.3 is 11.9 Å². The van der Waals surface area contributed by atoms with Crippen molar-refractivity contribution in [1.29, 1.82) is 0 Å². The third-order valence-corrected chi connectivity index (χ3v) is 2.07. The Morgan fingerprint density at radius 3 is 1.80 bits per heavy atom. The van der Waals surface area contributed by atoms with Crippen molar-refractivity contribution >= 4 is 23.5 Å². The Morgan fingerprint density at radius 1 is 1.07 bits per heavy atom. The molecule has 0 aromatic heterocycles. The lowest BCUT2D eigenvalue weighted by atomic mass is 9.81. The molecule has 0 aromatic carbocycles. The van der Waals surface area contributed by atoms with Gasteiger partial charge in [0.05, 0.1) is 0 Å². The average molecular weight is 214 g/mol. The molecule has 1 unspecified atom stereocenters. The molecule has 0 aliphatic carbocycles. The Kier molecular flexibility index (Phi) is 4.33. The molecule has 0 amide bonds. The van der Waals surface area contributed by atoms with E-state index in [0.29, 0.717) is 0 Å². The standard InChI is InChI=1S/C10H14O5/c1-6(11)5-10(4,7(2)12)9(14)15-8(3)13/h5H2,1-4H3. The first-order valence-corrected chi connectivity index (χ1v) is 4.43. The Balaban J connectivity index is 4.94. The highest BCUT2D eigenvalue weighted by atomic mass is 16.6. The average Bonchev–Trinajstić information content (AvgIpc) is 2.00. The molecule has 1 atom stereocenters. The summed E-state index contributed by atoms with van der Waals surface area (Å²) in [7, 11) is 0. The third-order valence-electron chi connectivity index (χ3n) is 2.07. The van der Waals surface area contributed by atoms with Crippen LogP contribution in [0.5, 0.6) is 0 Å². The quantitative estimate of drug-likeness (QED) is 0.507. The van der Waals surface area contributed by atoms with E-state index in [0.717, 1.165) is 6.92 Å². The van der Waals surface area contributed by atoms with Crippen LogP contribution in [0.1, 0.15) is 34.1 Å². The van der Waals surface area contributed by atoms with Crippen molar-refractivity contribution in [2.75, 3.05) is 0 Å². The Bertz CT molecular complexity index is 318. The number of Topliss-reactive ketones (excluding diaryl/α,β-unsaturated/α-hetero) is 2. The summed E-state index contributed by atoms with van der Waals surface area (Å²) in [6, 6.07) is 0. The first-order valence-electron chi connectivity index (χ1n) is 4.43. The Morgan fingerprint density at radius 2 is 1.53 bits per heavy atom. The van der Waals surface area contributed by atoms with Gasteiger partial charge in [-0.25, -0.2) is 0 Å². The van der Waals surface area contributed by atoms with Crippen LogP contribution in [0.2, 0.25) is 0 Å². The van der Waals surface area contributed by atoms with E-state index in [-0.39, 0.29) is 12.2 Å². The first kappa shape index (κ1) is 13.5. The lowest BCUT2D eigenvalue weighted by molar-refractivity contribution is -0.168. The minimum Gasteiger partial charge on any atom is -0.393 e. The summed E-state index contributed by atoms with van der Waals surface area (Å²) in [5.41, 5.74) is -1.56. The van der Waals surface area contributed by atoms with Gasteiger partial charge in [0.25, 0.3) is 0 Å². The van der Waals surface area contributed by atoms with Crippen molar-refractivity contribution in [1.82, 2.24) is 0 Å². The van der Waals surface area contributed by atoms with Crippen molar-refractivity contribution in [2.45, 2.75) is 34.1 Å². The second-order valence-electron chi connectivity index (χ2n) is 3.65. The van der Waals surface area contributed by atoms with Gasteiger partial charge in [0.2, 0.25) is 0 Å². The van der Waals surface area contributed by atoms with Gasteiger partial charge in [-0.15, -0.1) is 0 Å². The monoisotopic (exact) mass is 214 g/mol. The molecular formula is C10H14O5. The molecule has 0 saturated heterocycles. The van der Waals surface area contributed by atoms with E-state index in [1.54, 1.807) is 0 Å². The topological polar surface area (TPSA) is 77.5 Å². The number of carbonyl (C=O) groups is 4. The van der Waals surface area contributed by atoms with Crippen LogP contribution in [0.25, 0.3) is 0 Å². The molecule has 0 saturated carbocycles. The highest BCUT2D eigenvalue weighted by molar-refractivity contribution is 6.07. The Hall–Kier alpha value is -1.52. The van der Waals surface area contributed by atoms with E-state index in [1.807, 2.05) is 0 Å². The molecule has 0 heterocycles. The number of hydrogen-bond acceptors (Lipinski definition) is 5.